The van der Waals surface area contributed by atoms with Crippen molar-refractivity contribution >= 4 is 28.3 Å². The first-order valence-electron chi connectivity index (χ1n) is 6.65. The maximum absolute atomic E-state index is 12.2. The third-order valence-corrected chi connectivity index (χ3v) is 3.62. The van der Waals surface area contributed by atoms with Crippen LogP contribution < -0.4 is 14.8 Å². The van der Waals surface area contributed by atoms with Gasteiger partial charge in [-0.25, -0.2) is 9.78 Å². The van der Waals surface area contributed by atoms with E-state index in [2.05, 4.69) is 10.3 Å². The molecule has 2 aromatic rings. The maximum atomic E-state index is 12.2. The van der Waals surface area contributed by atoms with E-state index in [4.69, 9.17) is 14.2 Å². The number of anilines is 1. The van der Waals surface area contributed by atoms with E-state index < -0.39 is 5.97 Å². The van der Waals surface area contributed by atoms with Crippen LogP contribution in [0.5, 0.6) is 11.5 Å². The number of benzene rings is 1. The molecule has 0 radical (unpaired) electrons. The van der Waals surface area contributed by atoms with E-state index in [9.17, 15) is 9.59 Å². The molecule has 1 amide bonds. The number of carbonyl (C=O) groups is 2. The van der Waals surface area contributed by atoms with Crippen molar-refractivity contribution in [3.63, 3.8) is 0 Å². The van der Waals surface area contributed by atoms with E-state index in [1.807, 2.05) is 0 Å². The van der Waals surface area contributed by atoms with Crippen molar-refractivity contribution in [3.8, 4) is 11.5 Å². The van der Waals surface area contributed by atoms with E-state index in [1.165, 1.54) is 32.5 Å². The quantitative estimate of drug-likeness (QED) is 0.816. The largest absolute Gasteiger partial charge is 0.493 e. The number of aromatic nitrogens is 1. The second kappa shape index (κ2) is 7.59. The highest BCUT2D eigenvalue weighted by Crippen LogP contribution is 2.31. The molecular formula is C15H16N2O5S. The first-order chi connectivity index (χ1) is 11.0. The Bertz CT molecular complexity index is 714. The number of nitrogens with one attached hydrogen (secondary N) is 1. The van der Waals surface area contributed by atoms with Gasteiger partial charge >= 0.3 is 5.97 Å². The first kappa shape index (κ1) is 16.8. The predicted octanol–water partition coefficient (Wildman–Crippen LogP) is 2.48. The van der Waals surface area contributed by atoms with E-state index >= 15 is 0 Å². The number of ether oxygens (including phenoxy) is 3. The highest BCUT2D eigenvalue weighted by atomic mass is 32.1. The van der Waals surface area contributed by atoms with Gasteiger partial charge in [0, 0.05) is 12.3 Å². The van der Waals surface area contributed by atoms with Crippen molar-refractivity contribution in [2.45, 2.75) is 13.5 Å². The fraction of sp³-hybridized carbons (Fsp3) is 0.267. The van der Waals surface area contributed by atoms with E-state index in [0.717, 1.165) is 0 Å². The van der Waals surface area contributed by atoms with Crippen molar-refractivity contribution in [3.05, 3.63) is 34.8 Å². The van der Waals surface area contributed by atoms with Crippen molar-refractivity contribution in [2.75, 3.05) is 19.5 Å². The topological polar surface area (TPSA) is 86.8 Å². The number of hydrogen-bond acceptors (Lipinski definition) is 7. The van der Waals surface area contributed by atoms with Crippen LogP contribution in [0.3, 0.4) is 0 Å². The fourth-order valence-corrected chi connectivity index (χ4v) is 2.59. The summed E-state index contributed by atoms with van der Waals surface area (Å²) in [5.74, 6) is 0.0135. The van der Waals surface area contributed by atoms with Crippen molar-refractivity contribution in [2.24, 2.45) is 0 Å². The number of thiazole rings is 1. The fourth-order valence-electron chi connectivity index (χ4n) is 1.85. The van der Waals surface area contributed by atoms with Gasteiger partial charge in [0.05, 0.1) is 19.9 Å². The molecule has 1 aromatic heterocycles. The Morgan fingerprint density at radius 1 is 1.26 bits per heavy atom. The second-order valence-electron chi connectivity index (χ2n) is 4.44. The van der Waals surface area contributed by atoms with Crippen LogP contribution in [0, 0.1) is 0 Å². The molecule has 122 valence electrons. The number of para-hydroxylation sites is 1. The second-order valence-corrected chi connectivity index (χ2v) is 5.30. The van der Waals surface area contributed by atoms with Gasteiger partial charge in [-0.05, 0) is 12.1 Å². The molecule has 0 fully saturated rings. The third-order valence-electron chi connectivity index (χ3n) is 2.81. The molecule has 0 spiro atoms. The zero-order valence-electron chi connectivity index (χ0n) is 12.9. The molecule has 1 aromatic carbocycles. The van der Waals surface area contributed by atoms with E-state index in [0.29, 0.717) is 22.3 Å². The minimum absolute atomic E-state index is 0.00468. The van der Waals surface area contributed by atoms with Crippen LogP contribution in [0.2, 0.25) is 0 Å². The molecule has 0 bridgehead atoms. The molecule has 7 nitrogen and oxygen atoms in total. The van der Waals surface area contributed by atoms with Crippen molar-refractivity contribution in [1.82, 2.24) is 4.98 Å². The summed E-state index contributed by atoms with van der Waals surface area (Å²) < 4.78 is 15.6. The Balaban J connectivity index is 2.05. The standard InChI is InChI=1S/C15H16N2O5S/c1-9(18)16-15-17-10(8-23-15)7-22-14(19)11-5-4-6-12(20-2)13(11)21-3/h4-6,8H,7H2,1-3H3,(H,16,17,18). The zero-order valence-corrected chi connectivity index (χ0v) is 13.7. The Hall–Kier alpha value is -2.61. The lowest BCUT2D eigenvalue weighted by Gasteiger charge is -2.11. The Morgan fingerprint density at radius 2 is 2.04 bits per heavy atom. The monoisotopic (exact) mass is 336 g/mol. The minimum atomic E-state index is -0.546. The summed E-state index contributed by atoms with van der Waals surface area (Å²) in [6.45, 7) is 1.39. The number of hydrogen-bond donors (Lipinski definition) is 1. The lowest BCUT2D eigenvalue weighted by Crippen LogP contribution is -2.08. The molecular weight excluding hydrogens is 320 g/mol. The van der Waals surface area contributed by atoms with Gasteiger partial charge in [-0.2, -0.15) is 0 Å². The van der Waals surface area contributed by atoms with Gasteiger partial charge in [-0.1, -0.05) is 6.07 Å². The smallest absolute Gasteiger partial charge is 0.342 e. The summed E-state index contributed by atoms with van der Waals surface area (Å²) in [6, 6.07) is 4.96. The molecule has 0 atom stereocenters. The highest BCUT2D eigenvalue weighted by Gasteiger charge is 2.18. The van der Waals surface area contributed by atoms with E-state index in [1.54, 1.807) is 23.6 Å². The number of rotatable bonds is 6. The number of methoxy groups -OCH3 is 2. The summed E-state index contributed by atoms with van der Waals surface area (Å²) in [5, 5.41) is 4.74. The molecule has 0 saturated heterocycles. The van der Waals surface area contributed by atoms with Crippen LogP contribution in [0.1, 0.15) is 23.0 Å². The minimum Gasteiger partial charge on any atom is -0.493 e. The third kappa shape index (κ3) is 4.19. The molecule has 8 heteroatoms. The van der Waals surface area contributed by atoms with Crippen LogP contribution in [0.15, 0.2) is 23.6 Å². The molecule has 0 unspecified atom stereocenters. The Morgan fingerprint density at radius 3 is 2.70 bits per heavy atom. The summed E-state index contributed by atoms with van der Waals surface area (Å²) in [5.41, 5.74) is 0.818. The van der Waals surface area contributed by atoms with Crippen LogP contribution in [0.25, 0.3) is 0 Å². The first-order valence-corrected chi connectivity index (χ1v) is 7.53. The molecule has 2 rings (SSSR count). The van der Waals surface area contributed by atoms with Crippen molar-refractivity contribution in [1.29, 1.82) is 0 Å². The van der Waals surface area contributed by atoms with Gasteiger partial charge in [-0.15, -0.1) is 11.3 Å². The molecule has 0 aliphatic rings. The number of amides is 1. The average molecular weight is 336 g/mol. The number of nitrogens with zero attached hydrogens (tertiary/aromatic N) is 1. The summed E-state index contributed by atoms with van der Waals surface area (Å²) in [7, 11) is 2.95. The summed E-state index contributed by atoms with van der Waals surface area (Å²) in [4.78, 5) is 27.3. The summed E-state index contributed by atoms with van der Waals surface area (Å²) >= 11 is 1.26. The Labute approximate surface area is 137 Å². The molecule has 0 aliphatic carbocycles. The lowest BCUT2D eigenvalue weighted by atomic mass is 10.2. The van der Waals surface area contributed by atoms with Gasteiger partial charge in [0.2, 0.25) is 5.91 Å². The molecule has 1 heterocycles. The average Bonchev–Trinajstić information content (AvgIpc) is 2.98. The molecule has 0 aliphatic heterocycles. The highest BCUT2D eigenvalue weighted by molar-refractivity contribution is 7.13. The summed E-state index contributed by atoms with van der Waals surface area (Å²) in [6.07, 6.45) is 0. The van der Waals surface area contributed by atoms with E-state index in [-0.39, 0.29) is 18.1 Å². The molecule has 1 N–H and O–H groups in total. The van der Waals surface area contributed by atoms with Gasteiger partial charge in [-0.3, -0.25) is 4.79 Å². The zero-order chi connectivity index (χ0) is 16.8. The van der Waals surface area contributed by atoms with Gasteiger partial charge in [0.1, 0.15) is 12.2 Å². The molecule has 0 saturated carbocycles. The van der Waals surface area contributed by atoms with Crippen LogP contribution >= 0.6 is 11.3 Å². The predicted molar refractivity (Wildman–Crippen MR) is 85.1 cm³/mol. The Kier molecular flexibility index (Phi) is 5.53. The van der Waals surface area contributed by atoms with Crippen LogP contribution in [-0.4, -0.2) is 31.1 Å². The number of carbonyl (C=O) groups excluding carboxylic acids is 2. The maximum Gasteiger partial charge on any atom is 0.342 e. The van der Waals surface area contributed by atoms with Gasteiger partial charge in [0.15, 0.2) is 16.6 Å². The van der Waals surface area contributed by atoms with Gasteiger partial charge < -0.3 is 19.5 Å². The SMILES string of the molecule is COc1cccc(C(=O)OCc2csc(NC(C)=O)n2)c1OC. The number of esters is 1. The lowest BCUT2D eigenvalue weighted by molar-refractivity contribution is -0.114. The van der Waals surface area contributed by atoms with Gasteiger partial charge in [0.25, 0.3) is 0 Å². The normalized spacial score (nSPS) is 10.0. The van der Waals surface area contributed by atoms with Crippen molar-refractivity contribution < 1.29 is 23.8 Å². The molecule has 23 heavy (non-hydrogen) atoms. The van der Waals surface area contributed by atoms with Crippen LogP contribution in [-0.2, 0) is 16.1 Å². The van der Waals surface area contributed by atoms with Crippen LogP contribution in [0.4, 0.5) is 5.13 Å².